The quantitative estimate of drug-likeness (QED) is 0.545. The first-order valence-electron chi connectivity index (χ1n) is 7.57. The summed E-state index contributed by atoms with van der Waals surface area (Å²) >= 11 is 0. The number of nitrogens with zero attached hydrogens (tertiary/aromatic N) is 3. The number of aryl methyl sites for hydroxylation is 1. The van der Waals surface area contributed by atoms with E-state index in [1.165, 1.54) is 19.2 Å². The Morgan fingerprint density at radius 3 is 2.60 bits per heavy atom. The van der Waals surface area contributed by atoms with Crippen LogP contribution in [0, 0.1) is 17.0 Å². The molecular weight excluding hydrogens is 322 g/mol. The number of rotatable bonds is 5. The Balaban J connectivity index is 1.92. The van der Waals surface area contributed by atoms with E-state index in [2.05, 4.69) is 15.2 Å². The van der Waals surface area contributed by atoms with E-state index in [1.807, 2.05) is 31.2 Å². The molecule has 3 N–H and O–H groups in total. The molecule has 0 bridgehead atoms. The average Bonchev–Trinajstić information content (AvgIpc) is 3.11. The minimum atomic E-state index is -0.506. The van der Waals surface area contributed by atoms with Crippen LogP contribution in [0.5, 0.6) is 5.75 Å². The van der Waals surface area contributed by atoms with Crippen LogP contribution in [0.2, 0.25) is 0 Å². The number of nitro groups is 1. The van der Waals surface area contributed by atoms with E-state index in [0.29, 0.717) is 17.2 Å². The molecule has 1 heterocycles. The number of ether oxygens (including phenoxy) is 1. The molecule has 2 aromatic carbocycles. The zero-order chi connectivity index (χ0) is 18.0. The normalized spacial score (nSPS) is 12.0. The summed E-state index contributed by atoms with van der Waals surface area (Å²) in [5.41, 5.74) is 8.62. The second-order valence-electron chi connectivity index (χ2n) is 5.58. The minimum Gasteiger partial charge on any atom is -0.490 e. The average molecular weight is 339 g/mol. The van der Waals surface area contributed by atoms with Gasteiger partial charge in [0.05, 0.1) is 18.1 Å². The number of nitro benzene ring substituents is 1. The van der Waals surface area contributed by atoms with Crippen LogP contribution in [0.4, 0.5) is 5.69 Å². The van der Waals surface area contributed by atoms with Gasteiger partial charge >= 0.3 is 5.69 Å². The van der Waals surface area contributed by atoms with Gasteiger partial charge in [-0.15, -0.1) is 0 Å². The lowest BCUT2D eigenvalue weighted by Gasteiger charge is -2.08. The first kappa shape index (κ1) is 16.6. The molecule has 25 heavy (non-hydrogen) atoms. The molecule has 0 spiro atoms. The number of nitrogens with one attached hydrogen (secondary N) is 1. The van der Waals surface area contributed by atoms with Gasteiger partial charge in [-0.3, -0.25) is 15.2 Å². The Morgan fingerprint density at radius 1 is 1.24 bits per heavy atom. The predicted octanol–water partition coefficient (Wildman–Crippen LogP) is 2.75. The Labute approximate surface area is 143 Å². The third-order valence-electron chi connectivity index (χ3n) is 3.87. The summed E-state index contributed by atoms with van der Waals surface area (Å²) < 4.78 is 5.00. The molecule has 0 saturated carbocycles. The van der Waals surface area contributed by atoms with Gasteiger partial charge in [0.1, 0.15) is 5.82 Å². The van der Waals surface area contributed by atoms with E-state index in [-0.39, 0.29) is 11.4 Å². The van der Waals surface area contributed by atoms with Gasteiger partial charge in [-0.1, -0.05) is 29.8 Å². The fourth-order valence-corrected chi connectivity index (χ4v) is 2.45. The zero-order valence-electron chi connectivity index (χ0n) is 13.8. The van der Waals surface area contributed by atoms with Crippen molar-refractivity contribution in [2.75, 3.05) is 7.11 Å². The molecule has 0 saturated heterocycles. The van der Waals surface area contributed by atoms with E-state index in [4.69, 9.17) is 10.5 Å². The number of aromatic amines is 1. The van der Waals surface area contributed by atoms with Gasteiger partial charge in [0, 0.05) is 11.6 Å². The summed E-state index contributed by atoms with van der Waals surface area (Å²) in [4.78, 5) is 15.0. The summed E-state index contributed by atoms with van der Waals surface area (Å²) in [5.74, 6) is 1.00. The molecule has 0 unspecified atom stereocenters. The van der Waals surface area contributed by atoms with Crippen LogP contribution in [-0.2, 0) is 0 Å². The number of benzene rings is 2. The Morgan fingerprint density at radius 2 is 1.96 bits per heavy atom. The van der Waals surface area contributed by atoms with Crippen molar-refractivity contribution in [2.24, 2.45) is 5.73 Å². The van der Waals surface area contributed by atoms with Crippen LogP contribution >= 0.6 is 0 Å². The molecule has 128 valence electrons. The van der Waals surface area contributed by atoms with Crippen molar-refractivity contribution in [2.45, 2.75) is 13.0 Å². The van der Waals surface area contributed by atoms with E-state index in [9.17, 15) is 10.1 Å². The van der Waals surface area contributed by atoms with Crippen molar-refractivity contribution >= 4 is 5.69 Å². The van der Waals surface area contributed by atoms with Gasteiger partial charge in [0.15, 0.2) is 11.6 Å². The topological polar surface area (TPSA) is 120 Å². The van der Waals surface area contributed by atoms with Crippen LogP contribution < -0.4 is 10.5 Å². The molecule has 1 aromatic heterocycles. The molecular formula is C17H17N5O3. The lowest BCUT2D eigenvalue weighted by Crippen LogP contribution is -2.13. The third-order valence-corrected chi connectivity index (χ3v) is 3.87. The molecule has 0 fully saturated rings. The SMILES string of the molecule is COc1ccc(-c2n[nH]c([C@@H](N)c3ccc(C)cc3)n2)cc1[N+](=O)[O-]. The Hall–Kier alpha value is -3.26. The van der Waals surface area contributed by atoms with Gasteiger partial charge in [-0.2, -0.15) is 5.10 Å². The standard InChI is InChI=1S/C17H17N5O3/c1-10-3-5-11(6-4-10)15(18)17-19-16(20-21-17)12-7-8-14(25-2)13(9-12)22(23)24/h3-9,15H,18H2,1-2H3,(H,19,20,21)/t15-/m0/s1. The number of methoxy groups -OCH3 is 1. The highest BCUT2D eigenvalue weighted by atomic mass is 16.6. The maximum atomic E-state index is 11.1. The lowest BCUT2D eigenvalue weighted by molar-refractivity contribution is -0.385. The van der Waals surface area contributed by atoms with Crippen LogP contribution in [0.1, 0.15) is 23.0 Å². The molecule has 0 amide bonds. The van der Waals surface area contributed by atoms with Crippen LogP contribution in [-0.4, -0.2) is 27.2 Å². The van der Waals surface area contributed by atoms with Crippen molar-refractivity contribution in [3.8, 4) is 17.1 Å². The monoisotopic (exact) mass is 339 g/mol. The van der Waals surface area contributed by atoms with Gasteiger partial charge in [0.2, 0.25) is 0 Å². The highest BCUT2D eigenvalue weighted by molar-refractivity contribution is 5.63. The Bertz CT molecular complexity index is 905. The van der Waals surface area contributed by atoms with Gasteiger partial charge in [0.25, 0.3) is 0 Å². The maximum Gasteiger partial charge on any atom is 0.311 e. The van der Waals surface area contributed by atoms with Crippen molar-refractivity contribution in [3.05, 3.63) is 69.5 Å². The molecule has 1 atom stereocenters. The second-order valence-corrected chi connectivity index (χ2v) is 5.58. The summed E-state index contributed by atoms with van der Waals surface area (Å²) in [6.07, 6.45) is 0. The van der Waals surface area contributed by atoms with Crippen molar-refractivity contribution < 1.29 is 9.66 Å². The van der Waals surface area contributed by atoms with Gasteiger partial charge in [-0.05, 0) is 24.6 Å². The van der Waals surface area contributed by atoms with Crippen LogP contribution in [0.25, 0.3) is 11.4 Å². The van der Waals surface area contributed by atoms with E-state index < -0.39 is 11.0 Å². The Kier molecular flexibility index (Phi) is 4.44. The summed E-state index contributed by atoms with van der Waals surface area (Å²) in [7, 11) is 1.38. The summed E-state index contributed by atoms with van der Waals surface area (Å²) in [6.45, 7) is 2.00. The van der Waals surface area contributed by atoms with E-state index in [1.54, 1.807) is 6.07 Å². The van der Waals surface area contributed by atoms with Crippen molar-refractivity contribution in [3.63, 3.8) is 0 Å². The van der Waals surface area contributed by atoms with Crippen LogP contribution in [0.3, 0.4) is 0 Å². The molecule has 3 rings (SSSR count). The fraction of sp³-hybridized carbons (Fsp3) is 0.176. The van der Waals surface area contributed by atoms with Gasteiger partial charge < -0.3 is 10.5 Å². The van der Waals surface area contributed by atoms with Crippen molar-refractivity contribution in [1.29, 1.82) is 0 Å². The number of nitrogens with two attached hydrogens (primary N) is 1. The fourth-order valence-electron chi connectivity index (χ4n) is 2.45. The van der Waals surface area contributed by atoms with Crippen LogP contribution in [0.15, 0.2) is 42.5 Å². The number of H-pyrrole nitrogens is 1. The molecule has 0 radical (unpaired) electrons. The molecule has 8 heteroatoms. The third kappa shape index (κ3) is 3.33. The zero-order valence-corrected chi connectivity index (χ0v) is 13.8. The second kappa shape index (κ2) is 6.70. The van der Waals surface area contributed by atoms with E-state index >= 15 is 0 Å². The molecule has 8 nitrogen and oxygen atoms in total. The highest BCUT2D eigenvalue weighted by Crippen LogP contribution is 2.31. The molecule has 0 aliphatic carbocycles. The first-order valence-corrected chi connectivity index (χ1v) is 7.57. The minimum absolute atomic E-state index is 0.144. The highest BCUT2D eigenvalue weighted by Gasteiger charge is 2.19. The number of hydrogen-bond acceptors (Lipinski definition) is 6. The molecule has 0 aliphatic rings. The summed E-state index contributed by atoms with van der Waals surface area (Å²) in [5, 5.41) is 18.1. The maximum absolute atomic E-state index is 11.1. The van der Waals surface area contributed by atoms with Crippen molar-refractivity contribution in [1.82, 2.24) is 15.2 Å². The smallest absolute Gasteiger partial charge is 0.311 e. The molecule has 0 aliphatic heterocycles. The molecule has 3 aromatic rings. The summed E-state index contributed by atoms with van der Waals surface area (Å²) in [6, 6.07) is 11.9. The lowest BCUT2D eigenvalue weighted by atomic mass is 10.1. The largest absolute Gasteiger partial charge is 0.490 e. The first-order chi connectivity index (χ1) is 12.0. The van der Waals surface area contributed by atoms with Gasteiger partial charge in [-0.25, -0.2) is 4.98 Å². The predicted molar refractivity (Wildman–Crippen MR) is 92.2 cm³/mol. The number of aromatic nitrogens is 3. The number of hydrogen-bond donors (Lipinski definition) is 2. The van der Waals surface area contributed by atoms with E-state index in [0.717, 1.165) is 11.1 Å².